The number of esters is 1. The van der Waals surface area contributed by atoms with E-state index in [2.05, 4.69) is 10.1 Å². The lowest BCUT2D eigenvalue weighted by atomic mass is 9.91. The van der Waals surface area contributed by atoms with Gasteiger partial charge in [0.15, 0.2) is 0 Å². The van der Waals surface area contributed by atoms with Gasteiger partial charge in [-0.15, -0.1) is 0 Å². The predicted molar refractivity (Wildman–Crippen MR) is 93.0 cm³/mol. The molecule has 1 aliphatic rings. The number of benzene rings is 1. The lowest BCUT2D eigenvalue weighted by Gasteiger charge is -2.23. The molecule has 8 heteroatoms. The van der Waals surface area contributed by atoms with Crippen LogP contribution < -0.4 is 5.32 Å². The molecule has 0 bridgehead atoms. The summed E-state index contributed by atoms with van der Waals surface area (Å²) < 4.78 is 4.53. The van der Waals surface area contributed by atoms with E-state index < -0.39 is 29.4 Å². The molecule has 1 heterocycles. The number of hydrogen-bond donors (Lipinski definition) is 1. The molecule has 1 aromatic rings. The molecule has 1 N–H and O–H groups in total. The highest BCUT2D eigenvalue weighted by Crippen LogP contribution is 2.28. The second-order valence-electron chi connectivity index (χ2n) is 6.45. The van der Waals surface area contributed by atoms with Gasteiger partial charge in [-0.1, -0.05) is 29.8 Å². The van der Waals surface area contributed by atoms with Gasteiger partial charge in [-0.3, -0.25) is 19.3 Å². The molecule has 2 rings (SSSR count). The van der Waals surface area contributed by atoms with Crippen LogP contribution in [0.5, 0.6) is 0 Å². The topological polar surface area (TPSA) is 96.0 Å². The largest absolute Gasteiger partial charge is 0.469 e. The number of urea groups is 1. The molecule has 0 radical (unpaired) electrons. The van der Waals surface area contributed by atoms with E-state index >= 15 is 0 Å². The molecule has 0 spiro atoms. The zero-order valence-corrected chi connectivity index (χ0v) is 15.4. The van der Waals surface area contributed by atoms with Gasteiger partial charge in [0.1, 0.15) is 12.1 Å². The van der Waals surface area contributed by atoms with Gasteiger partial charge >= 0.3 is 12.0 Å². The molecule has 1 unspecified atom stereocenters. The Morgan fingerprint density at radius 2 is 1.85 bits per heavy atom. The summed E-state index contributed by atoms with van der Waals surface area (Å²) in [4.78, 5) is 50.7. The smallest absolute Gasteiger partial charge is 0.325 e. The van der Waals surface area contributed by atoms with E-state index in [1.807, 2.05) is 19.1 Å². The van der Waals surface area contributed by atoms with Crippen molar-refractivity contribution in [2.24, 2.45) is 0 Å². The van der Waals surface area contributed by atoms with E-state index in [1.54, 1.807) is 19.1 Å². The highest BCUT2D eigenvalue weighted by atomic mass is 16.5. The molecule has 4 amide bonds. The average Bonchev–Trinajstić information content (AvgIpc) is 2.83. The number of nitrogens with one attached hydrogen (secondary N) is 1. The van der Waals surface area contributed by atoms with Gasteiger partial charge < -0.3 is 15.0 Å². The standard InChI is InChI=1S/C18H23N3O5/c1-12-5-7-13(8-6-12)18(2)16(24)21(17(25)19-18)11-14(22)20(3)10-9-15(23)26-4/h5-8H,9-11H2,1-4H3,(H,19,25). The number of ether oxygens (including phenoxy) is 1. The van der Waals surface area contributed by atoms with Crippen LogP contribution in [0.3, 0.4) is 0 Å². The molecule has 1 aliphatic heterocycles. The number of rotatable bonds is 6. The van der Waals surface area contributed by atoms with Gasteiger partial charge in [-0.25, -0.2) is 4.79 Å². The molecule has 0 aliphatic carbocycles. The molecule has 140 valence electrons. The Bertz CT molecular complexity index is 731. The Morgan fingerprint density at radius 3 is 2.42 bits per heavy atom. The zero-order valence-electron chi connectivity index (χ0n) is 15.4. The van der Waals surface area contributed by atoms with Crippen molar-refractivity contribution in [1.29, 1.82) is 0 Å². The van der Waals surface area contributed by atoms with Gasteiger partial charge in [0.2, 0.25) is 5.91 Å². The minimum atomic E-state index is -1.21. The van der Waals surface area contributed by atoms with E-state index in [4.69, 9.17) is 0 Å². The van der Waals surface area contributed by atoms with Crippen LogP contribution in [-0.2, 0) is 24.7 Å². The van der Waals surface area contributed by atoms with E-state index in [0.29, 0.717) is 5.56 Å². The fourth-order valence-corrected chi connectivity index (χ4v) is 2.66. The number of carbonyl (C=O) groups is 4. The molecule has 1 atom stereocenters. The SMILES string of the molecule is COC(=O)CCN(C)C(=O)CN1C(=O)NC(C)(c2ccc(C)cc2)C1=O. The van der Waals surface area contributed by atoms with Gasteiger partial charge in [-0.05, 0) is 19.4 Å². The number of nitrogens with zero attached hydrogens (tertiary/aromatic N) is 2. The molecule has 0 saturated carbocycles. The van der Waals surface area contributed by atoms with Crippen molar-refractivity contribution in [3.8, 4) is 0 Å². The second-order valence-corrected chi connectivity index (χ2v) is 6.45. The molecular formula is C18H23N3O5. The Balaban J connectivity index is 2.07. The normalized spacial score (nSPS) is 19.3. The zero-order chi connectivity index (χ0) is 19.5. The first kappa shape index (κ1) is 19.4. The summed E-state index contributed by atoms with van der Waals surface area (Å²) in [5.41, 5.74) is 0.471. The van der Waals surface area contributed by atoms with E-state index in [-0.39, 0.29) is 19.5 Å². The monoisotopic (exact) mass is 361 g/mol. The van der Waals surface area contributed by atoms with Crippen molar-refractivity contribution in [2.75, 3.05) is 27.2 Å². The van der Waals surface area contributed by atoms with Crippen LogP contribution in [0.4, 0.5) is 4.79 Å². The summed E-state index contributed by atoms with van der Waals surface area (Å²) in [7, 11) is 2.77. The highest BCUT2D eigenvalue weighted by molar-refractivity contribution is 6.09. The average molecular weight is 361 g/mol. The van der Waals surface area contributed by atoms with Crippen LogP contribution in [0.2, 0.25) is 0 Å². The van der Waals surface area contributed by atoms with Gasteiger partial charge in [0.05, 0.1) is 13.5 Å². The summed E-state index contributed by atoms with van der Waals surface area (Å²) in [6.45, 7) is 3.30. The van der Waals surface area contributed by atoms with Gasteiger partial charge in [0, 0.05) is 13.6 Å². The molecule has 1 fully saturated rings. The number of carbonyl (C=O) groups excluding carboxylic acids is 4. The minimum absolute atomic E-state index is 0.0416. The quantitative estimate of drug-likeness (QED) is 0.597. The molecule has 26 heavy (non-hydrogen) atoms. The summed E-state index contributed by atoms with van der Waals surface area (Å²) in [6.07, 6.45) is 0.0416. The molecule has 1 saturated heterocycles. The van der Waals surface area contributed by atoms with Gasteiger partial charge in [-0.2, -0.15) is 0 Å². The lowest BCUT2D eigenvalue weighted by molar-refractivity contribution is -0.142. The third-order valence-corrected chi connectivity index (χ3v) is 4.50. The number of methoxy groups -OCH3 is 1. The maximum atomic E-state index is 12.8. The van der Waals surface area contributed by atoms with E-state index in [0.717, 1.165) is 10.5 Å². The van der Waals surface area contributed by atoms with Crippen LogP contribution in [0.15, 0.2) is 24.3 Å². The Kier molecular flexibility index (Phi) is 5.64. The van der Waals surface area contributed by atoms with Crippen LogP contribution in [0.25, 0.3) is 0 Å². The van der Waals surface area contributed by atoms with Gasteiger partial charge in [0.25, 0.3) is 5.91 Å². The maximum Gasteiger partial charge on any atom is 0.325 e. The first-order valence-electron chi connectivity index (χ1n) is 8.21. The molecule has 8 nitrogen and oxygen atoms in total. The summed E-state index contributed by atoms with van der Waals surface area (Å²) in [5.74, 6) is -1.36. The summed E-state index contributed by atoms with van der Waals surface area (Å²) >= 11 is 0. The lowest BCUT2D eigenvalue weighted by Crippen LogP contribution is -2.44. The Morgan fingerprint density at radius 1 is 1.23 bits per heavy atom. The number of likely N-dealkylation sites (N-methyl/N-ethyl adjacent to an activating group) is 1. The molecule has 0 aromatic heterocycles. The fourth-order valence-electron chi connectivity index (χ4n) is 2.66. The summed E-state index contributed by atoms with van der Waals surface area (Å²) in [6, 6.07) is 6.65. The first-order valence-corrected chi connectivity index (χ1v) is 8.21. The van der Waals surface area contributed by atoms with Crippen molar-refractivity contribution in [3.05, 3.63) is 35.4 Å². The van der Waals surface area contributed by atoms with E-state index in [1.165, 1.54) is 19.1 Å². The Hall–Kier alpha value is -2.90. The number of imide groups is 1. The summed E-state index contributed by atoms with van der Waals surface area (Å²) in [5, 5.41) is 2.66. The first-order chi connectivity index (χ1) is 12.2. The van der Waals surface area contributed by atoms with Crippen molar-refractivity contribution >= 4 is 23.8 Å². The third-order valence-electron chi connectivity index (χ3n) is 4.50. The minimum Gasteiger partial charge on any atom is -0.469 e. The van der Waals surface area contributed by atoms with Crippen LogP contribution in [0.1, 0.15) is 24.5 Å². The van der Waals surface area contributed by atoms with Crippen LogP contribution in [0, 0.1) is 6.92 Å². The predicted octanol–water partition coefficient (Wildman–Crippen LogP) is 0.784. The van der Waals surface area contributed by atoms with Crippen LogP contribution in [-0.4, -0.2) is 60.9 Å². The van der Waals surface area contributed by atoms with Crippen molar-refractivity contribution < 1.29 is 23.9 Å². The van der Waals surface area contributed by atoms with Crippen molar-refractivity contribution in [2.45, 2.75) is 25.8 Å². The number of hydrogen-bond acceptors (Lipinski definition) is 5. The second kappa shape index (κ2) is 7.55. The number of aryl methyl sites for hydroxylation is 1. The fraction of sp³-hybridized carbons (Fsp3) is 0.444. The van der Waals surface area contributed by atoms with Crippen molar-refractivity contribution in [3.63, 3.8) is 0 Å². The molecule has 1 aromatic carbocycles. The maximum absolute atomic E-state index is 12.8. The third kappa shape index (κ3) is 3.84. The van der Waals surface area contributed by atoms with E-state index in [9.17, 15) is 19.2 Å². The molecular weight excluding hydrogens is 338 g/mol. The van der Waals surface area contributed by atoms with Crippen LogP contribution >= 0.6 is 0 Å². The Labute approximate surface area is 152 Å². The number of amides is 4. The highest BCUT2D eigenvalue weighted by Gasteiger charge is 2.49. The van der Waals surface area contributed by atoms with Crippen molar-refractivity contribution in [1.82, 2.24) is 15.1 Å².